The van der Waals surface area contributed by atoms with Crippen molar-refractivity contribution < 1.29 is 28.6 Å². The van der Waals surface area contributed by atoms with Crippen molar-refractivity contribution in [2.75, 3.05) is 26.6 Å². The first kappa shape index (κ1) is 25.6. The molecule has 1 aliphatic heterocycles. The lowest BCUT2D eigenvalue weighted by atomic mass is 9.59. The highest BCUT2D eigenvalue weighted by Crippen LogP contribution is 2.57. The monoisotopic (exact) mass is 461 g/mol. The van der Waals surface area contributed by atoms with Crippen molar-refractivity contribution in [3.63, 3.8) is 0 Å². The summed E-state index contributed by atoms with van der Waals surface area (Å²) >= 11 is 1.55. The van der Waals surface area contributed by atoms with E-state index in [0.29, 0.717) is 0 Å². The summed E-state index contributed by atoms with van der Waals surface area (Å²) in [6.45, 7) is 7.94. The normalized spacial score (nSPS) is 17.8. The van der Waals surface area contributed by atoms with E-state index < -0.39 is 34.7 Å². The quantitative estimate of drug-likeness (QED) is 0.235. The molecule has 0 N–H and O–H groups in total. The number of hydrogen-bond acceptors (Lipinski definition) is 8. The fraction of sp³-hybridized carbons (Fsp3) is 0.500. The fourth-order valence-corrected chi connectivity index (χ4v) is 5.23. The molecule has 0 amide bonds. The van der Waals surface area contributed by atoms with E-state index in [1.807, 2.05) is 45.0 Å². The standard InChI is InChI=1S/C24H31NO6S/c1-7-31-19(26)13-14-23(3,4)24(15-16(20(27)29-5)21(28)30-6)17-11-9-10-12-18(17)25-22(24)32-8-2/h9-14,16H,7-8,15H2,1-6H3/b14-13+. The molecular weight excluding hydrogens is 430 g/mol. The first-order valence-corrected chi connectivity index (χ1v) is 11.5. The minimum absolute atomic E-state index is 0.0787. The molecule has 8 heteroatoms. The SMILES string of the molecule is CCOC(=O)/C=C/C(C)(C)C1(CC(C(=O)OC)C(=O)OC)C(SCC)=Nc2ccccc21. The second-order valence-corrected chi connectivity index (χ2v) is 9.14. The van der Waals surface area contributed by atoms with Crippen LogP contribution >= 0.6 is 11.8 Å². The van der Waals surface area contributed by atoms with Gasteiger partial charge in [-0.25, -0.2) is 9.79 Å². The topological polar surface area (TPSA) is 91.3 Å². The van der Waals surface area contributed by atoms with Gasteiger partial charge in [-0.1, -0.05) is 45.0 Å². The van der Waals surface area contributed by atoms with Crippen LogP contribution in [0.5, 0.6) is 0 Å². The van der Waals surface area contributed by atoms with E-state index in [2.05, 4.69) is 0 Å². The number of para-hydroxylation sites is 1. The summed E-state index contributed by atoms with van der Waals surface area (Å²) in [5, 5.41) is 0.775. The van der Waals surface area contributed by atoms with Crippen LogP contribution in [0.3, 0.4) is 0 Å². The number of esters is 3. The van der Waals surface area contributed by atoms with E-state index in [9.17, 15) is 14.4 Å². The summed E-state index contributed by atoms with van der Waals surface area (Å²) in [7, 11) is 2.49. The number of thioether (sulfide) groups is 1. The third-order valence-electron chi connectivity index (χ3n) is 5.74. The van der Waals surface area contributed by atoms with Crippen molar-refractivity contribution in [3.05, 3.63) is 42.0 Å². The lowest BCUT2D eigenvalue weighted by Crippen LogP contribution is -2.49. The lowest BCUT2D eigenvalue weighted by molar-refractivity contribution is -0.160. The maximum atomic E-state index is 12.6. The van der Waals surface area contributed by atoms with Crippen molar-refractivity contribution in [1.29, 1.82) is 0 Å². The van der Waals surface area contributed by atoms with E-state index in [1.165, 1.54) is 20.3 Å². The van der Waals surface area contributed by atoms with Crippen LogP contribution in [-0.4, -0.2) is 49.5 Å². The van der Waals surface area contributed by atoms with Crippen LogP contribution in [0, 0.1) is 11.3 Å². The molecule has 2 rings (SSSR count). The summed E-state index contributed by atoms with van der Waals surface area (Å²) in [6.07, 6.45) is 3.24. The highest BCUT2D eigenvalue weighted by atomic mass is 32.2. The number of hydrogen-bond donors (Lipinski definition) is 0. The third-order valence-corrected chi connectivity index (χ3v) is 6.74. The van der Waals surface area contributed by atoms with Gasteiger partial charge in [0.15, 0.2) is 5.92 Å². The molecule has 0 radical (unpaired) electrons. The first-order valence-electron chi connectivity index (χ1n) is 10.5. The van der Waals surface area contributed by atoms with E-state index in [-0.39, 0.29) is 13.0 Å². The maximum absolute atomic E-state index is 12.6. The minimum Gasteiger partial charge on any atom is -0.468 e. The summed E-state index contributed by atoms with van der Waals surface area (Å²) < 4.78 is 14.9. The number of benzene rings is 1. The second kappa shape index (κ2) is 10.8. The molecule has 32 heavy (non-hydrogen) atoms. The summed E-state index contributed by atoms with van der Waals surface area (Å²) in [5.41, 5.74) is 0.0512. The molecule has 1 aliphatic rings. The van der Waals surface area contributed by atoms with Crippen LogP contribution in [0.1, 0.15) is 39.7 Å². The Morgan fingerprint density at radius 3 is 2.31 bits per heavy atom. The number of carbonyl (C=O) groups is 3. The predicted molar refractivity (Wildman–Crippen MR) is 125 cm³/mol. The summed E-state index contributed by atoms with van der Waals surface area (Å²) in [6, 6.07) is 7.66. The number of ether oxygens (including phenoxy) is 3. The average molecular weight is 462 g/mol. The van der Waals surface area contributed by atoms with Crippen LogP contribution < -0.4 is 0 Å². The molecular formula is C24H31NO6S. The molecule has 174 valence electrons. The molecule has 0 spiro atoms. The Balaban J connectivity index is 2.74. The number of allylic oxidation sites excluding steroid dienone is 1. The van der Waals surface area contributed by atoms with Gasteiger partial charge < -0.3 is 14.2 Å². The van der Waals surface area contributed by atoms with Gasteiger partial charge >= 0.3 is 17.9 Å². The number of aliphatic imine (C=N–C) groups is 1. The van der Waals surface area contributed by atoms with Gasteiger partial charge in [0.2, 0.25) is 0 Å². The van der Waals surface area contributed by atoms with E-state index in [4.69, 9.17) is 19.2 Å². The van der Waals surface area contributed by atoms with Crippen molar-refractivity contribution in [3.8, 4) is 0 Å². The molecule has 0 saturated carbocycles. The van der Waals surface area contributed by atoms with Crippen molar-refractivity contribution >= 4 is 40.4 Å². The molecule has 0 fully saturated rings. The summed E-state index contributed by atoms with van der Waals surface area (Å²) in [5.74, 6) is -2.22. The molecule has 0 saturated heterocycles. The Morgan fingerprint density at radius 1 is 1.12 bits per heavy atom. The third kappa shape index (κ3) is 4.90. The van der Waals surface area contributed by atoms with Crippen LogP contribution in [0.4, 0.5) is 5.69 Å². The largest absolute Gasteiger partial charge is 0.468 e. The van der Waals surface area contributed by atoms with Gasteiger partial charge in [-0.15, -0.1) is 11.8 Å². The molecule has 1 unspecified atom stereocenters. The van der Waals surface area contributed by atoms with Gasteiger partial charge in [-0.05, 0) is 36.1 Å². The fourth-order valence-electron chi connectivity index (χ4n) is 4.09. The molecule has 1 atom stereocenters. The zero-order chi connectivity index (χ0) is 23.9. The van der Waals surface area contributed by atoms with Gasteiger partial charge in [0.1, 0.15) is 0 Å². The molecule has 1 aromatic carbocycles. The molecule has 1 aromatic rings. The molecule has 1 heterocycles. The maximum Gasteiger partial charge on any atom is 0.330 e. The van der Waals surface area contributed by atoms with Gasteiger partial charge in [0.25, 0.3) is 0 Å². The van der Waals surface area contributed by atoms with Crippen LogP contribution in [0.25, 0.3) is 0 Å². The number of carbonyl (C=O) groups excluding carboxylic acids is 3. The molecule has 0 aromatic heterocycles. The Hall–Kier alpha value is -2.61. The lowest BCUT2D eigenvalue weighted by Gasteiger charge is -2.45. The highest BCUT2D eigenvalue weighted by molar-refractivity contribution is 8.14. The highest BCUT2D eigenvalue weighted by Gasteiger charge is 2.56. The van der Waals surface area contributed by atoms with Crippen LogP contribution in [-0.2, 0) is 34.0 Å². The second-order valence-electron chi connectivity index (χ2n) is 7.88. The zero-order valence-corrected chi connectivity index (χ0v) is 20.3. The smallest absolute Gasteiger partial charge is 0.330 e. The van der Waals surface area contributed by atoms with Crippen LogP contribution in [0.2, 0.25) is 0 Å². The number of fused-ring (bicyclic) bond motifs is 1. The predicted octanol–water partition coefficient (Wildman–Crippen LogP) is 4.22. The van der Waals surface area contributed by atoms with E-state index >= 15 is 0 Å². The summed E-state index contributed by atoms with van der Waals surface area (Å²) in [4.78, 5) is 42.2. The zero-order valence-electron chi connectivity index (χ0n) is 19.5. The van der Waals surface area contributed by atoms with Gasteiger partial charge in [0.05, 0.1) is 37.0 Å². The minimum atomic E-state index is -1.16. The molecule has 7 nitrogen and oxygen atoms in total. The van der Waals surface area contributed by atoms with Crippen LogP contribution in [0.15, 0.2) is 41.4 Å². The van der Waals surface area contributed by atoms with Crippen molar-refractivity contribution in [1.82, 2.24) is 0 Å². The number of rotatable bonds is 9. The Morgan fingerprint density at radius 2 is 1.75 bits per heavy atom. The van der Waals surface area contributed by atoms with E-state index in [0.717, 1.165) is 22.0 Å². The van der Waals surface area contributed by atoms with E-state index in [1.54, 1.807) is 24.8 Å². The average Bonchev–Trinajstić information content (AvgIpc) is 3.10. The molecule has 0 bridgehead atoms. The van der Waals surface area contributed by atoms with Gasteiger partial charge in [0, 0.05) is 6.08 Å². The molecule has 0 aliphatic carbocycles. The van der Waals surface area contributed by atoms with Crippen molar-refractivity contribution in [2.24, 2.45) is 16.3 Å². The van der Waals surface area contributed by atoms with Crippen molar-refractivity contribution in [2.45, 2.75) is 39.5 Å². The number of nitrogens with zero attached hydrogens (tertiary/aromatic N) is 1. The van der Waals surface area contributed by atoms with Gasteiger partial charge in [-0.3, -0.25) is 9.59 Å². The Labute approximate surface area is 193 Å². The Bertz CT molecular complexity index is 907. The Kier molecular flexibility index (Phi) is 8.66. The first-order chi connectivity index (χ1) is 15.2. The van der Waals surface area contributed by atoms with Gasteiger partial charge in [-0.2, -0.15) is 0 Å². The number of methoxy groups -OCH3 is 2.